The number of azide groups is 1. The van der Waals surface area contributed by atoms with Crippen LogP contribution in [0.4, 0.5) is 9.59 Å². The molecule has 4 aliphatic rings. The molecular weight excluding hydrogens is 1000 g/mol. The Morgan fingerprint density at radius 3 is 1.54 bits per heavy atom. The number of benzene rings is 2. The standard InChI is InChI=1S/C29H32ClN7O2.C29H33ClN4O3/c1-29(2,3)39-28(38)37-12-9-18(10-13-37)25-21-8-7-20(30)15-22(21)23(14-19-6-5-11-33-26(19)25)27(34-35-31)24-16-32-17-36(24)4;1-29(2,3)37-28(36)34-12-9-18(10-13-34)25-21-8-7-20(30)15-22(21)23(14-19-6-5-11-32-26(19)25)27(35)24-16-31-17-33(24)4/h5-8,11,14-18,25,27H,9-10,12-13H2,1-4H3;5-8,11,14-18,25,27,35H,9-10,12-13H2,1-4H3. The lowest BCUT2D eigenvalue weighted by molar-refractivity contribution is 0.0167. The van der Waals surface area contributed by atoms with Gasteiger partial charge in [-0.3, -0.25) is 9.97 Å². The summed E-state index contributed by atoms with van der Waals surface area (Å²) in [7, 11) is 3.76. The van der Waals surface area contributed by atoms with Gasteiger partial charge in [-0.05, 0) is 178 Å². The van der Waals surface area contributed by atoms with Crippen LogP contribution in [0.3, 0.4) is 0 Å². The lowest BCUT2D eigenvalue weighted by Gasteiger charge is -2.37. The maximum Gasteiger partial charge on any atom is 0.410 e. The summed E-state index contributed by atoms with van der Waals surface area (Å²) in [6.07, 6.45) is 16.4. The number of aryl methyl sites for hydroxylation is 2. The number of carbonyl (C=O) groups is 2. The summed E-state index contributed by atoms with van der Waals surface area (Å²) >= 11 is 13.1. The minimum Gasteiger partial charge on any atom is -0.444 e. The Kier molecular flexibility index (Phi) is 15.8. The average molecular weight is 1070 g/mol. The summed E-state index contributed by atoms with van der Waals surface area (Å²) < 4.78 is 14.9. The van der Waals surface area contributed by atoms with Crippen LogP contribution >= 0.6 is 23.2 Å². The summed E-state index contributed by atoms with van der Waals surface area (Å²) in [6, 6.07) is 19.2. The van der Waals surface area contributed by atoms with E-state index in [4.69, 9.17) is 42.6 Å². The molecule has 6 aromatic rings. The molecule has 4 unspecified atom stereocenters. The lowest BCUT2D eigenvalue weighted by atomic mass is 9.75. The number of likely N-dealkylation sites (tertiary alicyclic amines) is 2. The van der Waals surface area contributed by atoms with E-state index in [1.165, 1.54) is 0 Å². The molecule has 6 heterocycles. The van der Waals surface area contributed by atoms with Gasteiger partial charge in [0, 0.05) is 85.7 Å². The van der Waals surface area contributed by atoms with Crippen molar-refractivity contribution in [2.24, 2.45) is 31.0 Å². The Balaban J connectivity index is 0.000000186. The molecule has 4 atom stereocenters. The van der Waals surface area contributed by atoms with Crippen LogP contribution in [0.2, 0.25) is 10.0 Å². The smallest absolute Gasteiger partial charge is 0.410 e. The third-order valence-electron chi connectivity index (χ3n) is 14.6. The summed E-state index contributed by atoms with van der Waals surface area (Å²) in [5, 5.41) is 17.0. The molecule has 396 valence electrons. The molecule has 2 fully saturated rings. The molecular formula is C58H65Cl2N11O5. The molecule has 2 aliphatic heterocycles. The third kappa shape index (κ3) is 11.7. The van der Waals surface area contributed by atoms with Crippen molar-refractivity contribution in [2.45, 2.75) is 102 Å². The predicted molar refractivity (Wildman–Crippen MR) is 295 cm³/mol. The lowest BCUT2D eigenvalue weighted by Crippen LogP contribution is -2.42. The first-order valence-electron chi connectivity index (χ1n) is 25.8. The van der Waals surface area contributed by atoms with Gasteiger partial charge < -0.3 is 33.5 Å². The number of aromatic nitrogens is 6. The van der Waals surface area contributed by atoms with E-state index in [-0.39, 0.29) is 35.9 Å². The number of amides is 2. The fourth-order valence-electron chi connectivity index (χ4n) is 11.2. The molecule has 2 amide bonds. The van der Waals surface area contributed by atoms with Crippen molar-refractivity contribution in [3.8, 4) is 0 Å². The number of aliphatic hydroxyl groups is 1. The molecule has 10 rings (SSSR count). The Hall–Kier alpha value is -6.97. The van der Waals surface area contributed by atoms with E-state index in [0.717, 1.165) is 87.3 Å². The van der Waals surface area contributed by atoms with Crippen molar-refractivity contribution >= 4 is 58.7 Å². The van der Waals surface area contributed by atoms with Crippen LogP contribution in [0.15, 0.2) is 103 Å². The molecule has 0 saturated carbocycles. The second kappa shape index (κ2) is 22.3. The van der Waals surface area contributed by atoms with E-state index >= 15 is 0 Å². The maximum absolute atomic E-state index is 12.7. The molecule has 18 heteroatoms. The van der Waals surface area contributed by atoms with Crippen LogP contribution in [0.5, 0.6) is 0 Å². The van der Waals surface area contributed by atoms with Crippen LogP contribution in [-0.4, -0.2) is 93.5 Å². The molecule has 2 aliphatic carbocycles. The number of ether oxygens (including phenoxy) is 2. The third-order valence-corrected chi connectivity index (χ3v) is 15.1. The molecule has 0 bridgehead atoms. The first-order valence-corrected chi connectivity index (χ1v) is 26.6. The van der Waals surface area contributed by atoms with Gasteiger partial charge in [0.15, 0.2) is 0 Å². The minimum atomic E-state index is -0.884. The van der Waals surface area contributed by atoms with Crippen molar-refractivity contribution in [3.05, 3.63) is 175 Å². The molecule has 2 aromatic carbocycles. The van der Waals surface area contributed by atoms with Gasteiger partial charge in [-0.25, -0.2) is 19.6 Å². The number of hydrogen-bond acceptors (Lipinski definition) is 10. The summed E-state index contributed by atoms with van der Waals surface area (Å²) in [5.74, 6) is 0.464. The van der Waals surface area contributed by atoms with Crippen LogP contribution in [-0.2, 0) is 23.6 Å². The van der Waals surface area contributed by atoms with Crippen molar-refractivity contribution in [1.29, 1.82) is 0 Å². The monoisotopic (exact) mass is 1070 g/mol. The van der Waals surface area contributed by atoms with E-state index in [2.05, 4.69) is 50.3 Å². The number of fused-ring (bicyclic) bond motifs is 4. The van der Waals surface area contributed by atoms with Crippen molar-refractivity contribution in [2.75, 3.05) is 26.2 Å². The highest BCUT2D eigenvalue weighted by Crippen LogP contribution is 2.50. The van der Waals surface area contributed by atoms with Gasteiger partial charge >= 0.3 is 12.2 Å². The molecule has 0 spiro atoms. The largest absolute Gasteiger partial charge is 0.444 e. The van der Waals surface area contributed by atoms with E-state index < -0.39 is 23.3 Å². The number of halogens is 2. The second-order valence-electron chi connectivity index (χ2n) is 22.1. The van der Waals surface area contributed by atoms with Gasteiger partial charge in [-0.2, -0.15) is 0 Å². The summed E-state index contributed by atoms with van der Waals surface area (Å²) in [4.78, 5) is 50.4. The number of rotatable bonds is 7. The Labute approximate surface area is 454 Å². The number of piperidine rings is 2. The SMILES string of the molecule is Cn1cncc1C(N=[N+]=[N-])C1=Cc2cccnc2C(C2CCN(C(=O)OC(C)(C)C)CC2)c2ccc(Cl)cc21.Cn1cncc1C(O)C1=Cc2cccnc2C(C2CCN(C(=O)OC(C)(C)C)CC2)c2ccc(Cl)cc21. The zero-order valence-corrected chi connectivity index (χ0v) is 45.8. The molecule has 4 aromatic heterocycles. The van der Waals surface area contributed by atoms with E-state index in [9.17, 15) is 20.2 Å². The molecule has 2 saturated heterocycles. The summed E-state index contributed by atoms with van der Waals surface area (Å²) in [6.45, 7) is 13.8. The van der Waals surface area contributed by atoms with Crippen molar-refractivity contribution in [3.63, 3.8) is 0 Å². The maximum atomic E-state index is 12.7. The number of carbonyl (C=O) groups excluding carboxylic acids is 2. The first kappa shape index (κ1) is 53.8. The Morgan fingerprint density at radius 2 is 1.12 bits per heavy atom. The van der Waals surface area contributed by atoms with Crippen LogP contribution < -0.4 is 0 Å². The van der Waals surface area contributed by atoms with Crippen LogP contribution in [0, 0.1) is 11.8 Å². The van der Waals surface area contributed by atoms with E-state index in [1.54, 1.807) is 34.8 Å². The Morgan fingerprint density at radius 1 is 0.684 bits per heavy atom. The molecule has 1 N–H and O–H groups in total. The number of hydrogen-bond donors (Lipinski definition) is 1. The van der Waals surface area contributed by atoms with Gasteiger partial charge in [0.2, 0.25) is 0 Å². The molecule has 16 nitrogen and oxygen atoms in total. The highest BCUT2D eigenvalue weighted by molar-refractivity contribution is 6.31. The number of aliphatic hydroxyl groups excluding tert-OH is 1. The predicted octanol–water partition coefficient (Wildman–Crippen LogP) is 13.0. The first-order chi connectivity index (χ1) is 36.3. The van der Waals surface area contributed by atoms with Crippen molar-refractivity contribution in [1.82, 2.24) is 38.9 Å². The van der Waals surface area contributed by atoms with Crippen LogP contribution in [0.1, 0.15) is 147 Å². The Bertz CT molecular complexity index is 3220. The topological polar surface area (TPSA) is 189 Å². The fraction of sp³-hybridized carbons (Fsp3) is 0.414. The zero-order valence-electron chi connectivity index (χ0n) is 44.3. The normalized spacial score (nSPS) is 18.6. The van der Waals surface area contributed by atoms with E-state index in [0.29, 0.717) is 41.9 Å². The number of nitrogens with zero attached hydrogens (tertiary/aromatic N) is 11. The highest BCUT2D eigenvalue weighted by atomic mass is 35.5. The highest BCUT2D eigenvalue weighted by Gasteiger charge is 2.40. The van der Waals surface area contributed by atoms with Gasteiger partial charge in [0.05, 0.1) is 41.6 Å². The quantitative estimate of drug-likeness (QED) is 0.0921. The fourth-order valence-corrected chi connectivity index (χ4v) is 11.5. The number of pyridine rings is 2. The van der Waals surface area contributed by atoms with E-state index in [1.807, 2.05) is 120 Å². The molecule has 0 radical (unpaired) electrons. The second-order valence-corrected chi connectivity index (χ2v) is 22.9. The summed E-state index contributed by atoms with van der Waals surface area (Å²) in [5.41, 5.74) is 19.5. The van der Waals surface area contributed by atoms with Gasteiger partial charge in [0.1, 0.15) is 23.3 Å². The van der Waals surface area contributed by atoms with Crippen molar-refractivity contribution < 1.29 is 24.2 Å². The number of imidazole rings is 2. The van der Waals surface area contributed by atoms with Crippen LogP contribution in [0.25, 0.3) is 33.7 Å². The zero-order chi connectivity index (χ0) is 54.1. The van der Waals surface area contributed by atoms with Gasteiger partial charge in [-0.15, -0.1) is 0 Å². The average Bonchev–Trinajstić information content (AvgIpc) is 3.95. The van der Waals surface area contributed by atoms with Gasteiger partial charge in [-0.1, -0.05) is 52.6 Å². The minimum absolute atomic E-state index is 0.00302. The molecule has 76 heavy (non-hydrogen) atoms. The van der Waals surface area contributed by atoms with Gasteiger partial charge in [0.25, 0.3) is 0 Å².